The van der Waals surface area contributed by atoms with Gasteiger partial charge in [-0.25, -0.2) is 18.3 Å². The van der Waals surface area contributed by atoms with E-state index in [-0.39, 0.29) is 30.2 Å². The molecule has 1 N–H and O–H groups in total. The molecule has 0 aliphatic carbocycles. The maximum atomic E-state index is 13.0. The van der Waals surface area contributed by atoms with Crippen molar-refractivity contribution in [2.75, 3.05) is 13.1 Å². The topological polar surface area (TPSA) is 114 Å². The lowest BCUT2D eigenvalue weighted by atomic mass is 10.3. The Balaban J connectivity index is 1.72. The zero-order valence-corrected chi connectivity index (χ0v) is 13.5. The lowest BCUT2D eigenvalue weighted by Crippen LogP contribution is -2.34. The summed E-state index contributed by atoms with van der Waals surface area (Å²) in [5.74, 6) is 0.571. The molecule has 3 heterocycles. The molecule has 3 aromatic rings. The second-order valence-electron chi connectivity index (χ2n) is 5.14. The first kappa shape index (κ1) is 14.5. The molecule has 0 saturated heterocycles. The van der Waals surface area contributed by atoms with Crippen LogP contribution in [0.4, 0.5) is 0 Å². The Bertz CT molecular complexity index is 1030. The second-order valence-corrected chi connectivity index (χ2v) is 7.57. The summed E-state index contributed by atoms with van der Waals surface area (Å²) in [7, 11) is -3.71. The maximum Gasteiger partial charge on any atom is 0.343 e. The van der Waals surface area contributed by atoms with Gasteiger partial charge in [-0.2, -0.15) is 18.2 Å². The van der Waals surface area contributed by atoms with Gasteiger partial charge in [0.25, 0.3) is 0 Å². The molecular formula is C12H12N6O3S2. The average Bonchev–Trinajstić information content (AvgIpc) is 3.07. The first-order valence-corrected chi connectivity index (χ1v) is 9.10. The van der Waals surface area contributed by atoms with Gasteiger partial charge in [0.05, 0.1) is 11.7 Å². The largest absolute Gasteiger partial charge is 0.343 e. The van der Waals surface area contributed by atoms with Gasteiger partial charge in [0.1, 0.15) is 21.8 Å². The fourth-order valence-corrected chi connectivity index (χ4v) is 4.87. The van der Waals surface area contributed by atoms with E-state index in [1.165, 1.54) is 14.9 Å². The quantitative estimate of drug-likeness (QED) is 0.684. The van der Waals surface area contributed by atoms with Gasteiger partial charge in [-0.05, 0) is 12.1 Å². The minimum atomic E-state index is -3.71. The van der Waals surface area contributed by atoms with Gasteiger partial charge in [0.15, 0.2) is 0 Å². The number of hydrogen-bond acceptors (Lipinski definition) is 7. The van der Waals surface area contributed by atoms with E-state index in [4.69, 9.17) is 0 Å². The molecule has 1 aliphatic rings. The third-order valence-corrected chi connectivity index (χ3v) is 6.33. The molecule has 0 bridgehead atoms. The monoisotopic (exact) mass is 352 g/mol. The Morgan fingerprint density at radius 1 is 1.17 bits per heavy atom. The minimum absolute atomic E-state index is 0.150. The number of fused-ring (bicyclic) bond motifs is 2. The smallest absolute Gasteiger partial charge is 0.278 e. The summed E-state index contributed by atoms with van der Waals surface area (Å²) in [6, 6.07) is 4.93. The number of nitrogens with zero attached hydrogens (tertiary/aromatic N) is 5. The number of H-pyrrole nitrogens is 1. The Morgan fingerprint density at radius 2 is 2.04 bits per heavy atom. The molecule has 4 rings (SSSR count). The Hall–Kier alpha value is -2.11. The van der Waals surface area contributed by atoms with Crippen molar-refractivity contribution in [3.05, 3.63) is 34.5 Å². The molecular weight excluding hydrogens is 340 g/mol. The van der Waals surface area contributed by atoms with Crippen LogP contribution in [-0.4, -0.2) is 49.3 Å². The van der Waals surface area contributed by atoms with Crippen molar-refractivity contribution in [3.63, 3.8) is 0 Å². The fourth-order valence-electron chi connectivity index (χ4n) is 2.69. The number of hydrogen-bond donors (Lipinski definition) is 1. The average molecular weight is 352 g/mol. The lowest BCUT2D eigenvalue weighted by Gasteiger charge is -2.19. The lowest BCUT2D eigenvalue weighted by molar-refractivity contribution is 0.413. The molecule has 0 atom stereocenters. The molecule has 9 nitrogen and oxygen atoms in total. The van der Waals surface area contributed by atoms with Gasteiger partial charge in [0.2, 0.25) is 10.0 Å². The molecule has 11 heteroatoms. The predicted molar refractivity (Wildman–Crippen MR) is 82.7 cm³/mol. The minimum Gasteiger partial charge on any atom is -0.278 e. The molecule has 0 unspecified atom stereocenters. The van der Waals surface area contributed by atoms with Crippen molar-refractivity contribution in [1.29, 1.82) is 0 Å². The Kier molecular flexibility index (Phi) is 3.28. The highest BCUT2D eigenvalue weighted by atomic mass is 32.2. The summed E-state index contributed by atoms with van der Waals surface area (Å²) in [6.45, 7) is 0.749. The van der Waals surface area contributed by atoms with Crippen LogP contribution in [0, 0.1) is 0 Å². The van der Waals surface area contributed by atoms with Crippen molar-refractivity contribution in [2.45, 2.75) is 17.9 Å². The summed E-state index contributed by atoms with van der Waals surface area (Å²) in [5.41, 5.74) is 0.637. The zero-order chi connectivity index (χ0) is 16.0. The maximum absolute atomic E-state index is 13.0. The Labute approximate surface area is 134 Å². The molecule has 0 amide bonds. The normalized spacial score (nSPS) is 16.3. The van der Waals surface area contributed by atoms with E-state index in [0.29, 0.717) is 23.3 Å². The fraction of sp³-hybridized carbons (Fsp3) is 0.333. The van der Waals surface area contributed by atoms with Crippen LogP contribution in [0.25, 0.3) is 11.0 Å². The van der Waals surface area contributed by atoms with Crippen molar-refractivity contribution in [2.24, 2.45) is 0 Å². The van der Waals surface area contributed by atoms with Crippen LogP contribution in [0.3, 0.4) is 0 Å². The van der Waals surface area contributed by atoms with E-state index < -0.39 is 10.0 Å². The molecule has 120 valence electrons. The Morgan fingerprint density at radius 3 is 2.91 bits per heavy atom. The van der Waals surface area contributed by atoms with Crippen LogP contribution in [0.1, 0.15) is 5.82 Å². The van der Waals surface area contributed by atoms with E-state index in [2.05, 4.69) is 18.9 Å². The number of nitrogens with one attached hydrogen (secondary N) is 1. The summed E-state index contributed by atoms with van der Waals surface area (Å²) < 4.78 is 36.9. The molecule has 1 aromatic carbocycles. The highest BCUT2D eigenvalue weighted by Gasteiger charge is 2.29. The number of rotatable bonds is 2. The van der Waals surface area contributed by atoms with Crippen molar-refractivity contribution < 1.29 is 8.42 Å². The zero-order valence-electron chi connectivity index (χ0n) is 11.8. The molecule has 2 aromatic heterocycles. The highest BCUT2D eigenvalue weighted by molar-refractivity contribution is 7.89. The van der Waals surface area contributed by atoms with E-state index in [1.54, 1.807) is 12.1 Å². The van der Waals surface area contributed by atoms with Crippen LogP contribution in [-0.2, 0) is 23.0 Å². The second kappa shape index (κ2) is 5.22. The summed E-state index contributed by atoms with van der Waals surface area (Å²) in [4.78, 5) is 11.8. The van der Waals surface area contributed by atoms with E-state index in [9.17, 15) is 13.2 Å². The van der Waals surface area contributed by atoms with Gasteiger partial charge >= 0.3 is 5.69 Å². The van der Waals surface area contributed by atoms with Crippen LogP contribution in [0.15, 0.2) is 27.9 Å². The van der Waals surface area contributed by atoms with Gasteiger partial charge in [-0.3, -0.25) is 4.57 Å². The molecule has 0 spiro atoms. The van der Waals surface area contributed by atoms with Gasteiger partial charge in [-0.15, -0.1) is 0 Å². The number of benzene rings is 1. The van der Waals surface area contributed by atoms with E-state index >= 15 is 0 Å². The van der Waals surface area contributed by atoms with Crippen molar-refractivity contribution in [3.8, 4) is 0 Å². The van der Waals surface area contributed by atoms with E-state index in [1.807, 2.05) is 0 Å². The van der Waals surface area contributed by atoms with E-state index in [0.717, 1.165) is 11.7 Å². The van der Waals surface area contributed by atoms with Crippen LogP contribution < -0.4 is 5.69 Å². The van der Waals surface area contributed by atoms with Crippen LogP contribution in [0.5, 0.6) is 0 Å². The summed E-state index contributed by atoms with van der Waals surface area (Å²) in [5, 5.41) is 6.32. The summed E-state index contributed by atoms with van der Waals surface area (Å²) >= 11 is 0.985. The molecule has 0 radical (unpaired) electrons. The molecule has 23 heavy (non-hydrogen) atoms. The number of sulfonamides is 1. The predicted octanol–water partition coefficient (Wildman–Crippen LogP) is -0.177. The van der Waals surface area contributed by atoms with Crippen molar-refractivity contribution in [1.82, 2.24) is 27.8 Å². The van der Waals surface area contributed by atoms with Gasteiger partial charge < -0.3 is 0 Å². The van der Waals surface area contributed by atoms with Gasteiger partial charge in [0, 0.05) is 26.1 Å². The third-order valence-electron chi connectivity index (χ3n) is 3.86. The SMILES string of the molecule is O=c1[nH]nc2n1CCN(S(=O)(=O)c1cccc3nsnc13)CC2. The van der Waals surface area contributed by atoms with Crippen molar-refractivity contribution >= 4 is 32.8 Å². The van der Waals surface area contributed by atoms with Crippen LogP contribution in [0.2, 0.25) is 0 Å². The number of aromatic amines is 1. The molecule has 0 saturated carbocycles. The standard InChI is InChI=1S/C12H12N6O3S2/c19-12-14-13-10-4-5-17(6-7-18(10)12)23(20,21)9-3-1-2-8-11(9)16-22-15-8/h1-3H,4-7H2,(H,14,19). The summed E-state index contributed by atoms with van der Waals surface area (Å²) in [6.07, 6.45) is 0.378. The number of aromatic nitrogens is 5. The highest BCUT2D eigenvalue weighted by Crippen LogP contribution is 2.25. The molecule has 1 aliphatic heterocycles. The first-order valence-electron chi connectivity index (χ1n) is 6.93. The first-order chi connectivity index (χ1) is 11.1. The van der Waals surface area contributed by atoms with Gasteiger partial charge in [-0.1, -0.05) is 6.07 Å². The third kappa shape index (κ3) is 2.28. The molecule has 0 fully saturated rings. The van der Waals surface area contributed by atoms with Crippen LogP contribution >= 0.6 is 11.7 Å².